The molecule has 1 aliphatic heterocycles. The van der Waals surface area contributed by atoms with Gasteiger partial charge in [-0.05, 0) is 48.5 Å². The number of benzene rings is 1. The summed E-state index contributed by atoms with van der Waals surface area (Å²) < 4.78 is 0. The van der Waals surface area contributed by atoms with E-state index < -0.39 is 59.1 Å². The molecular formula is C38H60N8O8. The van der Waals surface area contributed by atoms with Crippen molar-refractivity contribution in [2.75, 3.05) is 33.7 Å². The predicted molar refractivity (Wildman–Crippen MR) is 202 cm³/mol. The van der Waals surface area contributed by atoms with Crippen LogP contribution in [0.1, 0.15) is 91.7 Å². The number of carbonyl (C=O) groups excluding carboxylic acids is 8. The van der Waals surface area contributed by atoms with E-state index in [9.17, 15) is 38.4 Å². The molecule has 1 heterocycles. The molecule has 0 spiro atoms. The Hall–Kier alpha value is -5.02. The quantitative estimate of drug-likeness (QED) is 0.134. The summed E-state index contributed by atoms with van der Waals surface area (Å²) in [5, 5.41) is 13.1. The van der Waals surface area contributed by atoms with Crippen LogP contribution >= 0.6 is 0 Å². The van der Waals surface area contributed by atoms with Crippen molar-refractivity contribution < 1.29 is 38.4 Å². The average molecular weight is 757 g/mol. The molecule has 0 radical (unpaired) electrons. The van der Waals surface area contributed by atoms with Crippen molar-refractivity contribution in [3.63, 3.8) is 0 Å². The molecule has 16 heteroatoms. The molecule has 8 amide bonds. The number of Topliss-reactive ketones (excluding diaryl/α,β-unsaturated/α-hetero) is 1. The second-order valence-electron chi connectivity index (χ2n) is 15.2. The Bertz CT molecular complexity index is 1490. The maximum atomic E-state index is 13.4. The Morgan fingerprint density at radius 1 is 0.907 bits per heavy atom. The predicted octanol–water partition coefficient (Wildman–Crippen LogP) is 1.14. The van der Waals surface area contributed by atoms with E-state index in [4.69, 9.17) is 5.73 Å². The van der Waals surface area contributed by atoms with Crippen molar-refractivity contribution in [1.29, 1.82) is 0 Å². The lowest BCUT2D eigenvalue weighted by Gasteiger charge is -2.35. The minimum absolute atomic E-state index is 0.0687. The topological polar surface area (TPSA) is 229 Å². The van der Waals surface area contributed by atoms with Gasteiger partial charge in [0.25, 0.3) is 5.91 Å². The number of carbonyl (C=O) groups is 8. The summed E-state index contributed by atoms with van der Waals surface area (Å²) in [6.45, 7) is 11.6. The van der Waals surface area contributed by atoms with Gasteiger partial charge < -0.3 is 42.1 Å². The lowest BCUT2D eigenvalue weighted by molar-refractivity contribution is -0.141. The van der Waals surface area contributed by atoms with E-state index in [0.717, 1.165) is 19.3 Å². The van der Waals surface area contributed by atoms with Gasteiger partial charge in [0, 0.05) is 33.6 Å². The summed E-state index contributed by atoms with van der Waals surface area (Å²) in [5.41, 5.74) is 5.48. The second-order valence-corrected chi connectivity index (χ2v) is 15.2. The lowest BCUT2D eigenvalue weighted by Crippen LogP contribution is -2.61. The number of rotatable bonds is 16. The number of nitrogens with two attached hydrogens (primary N) is 1. The van der Waals surface area contributed by atoms with Crippen LogP contribution in [-0.4, -0.2) is 109 Å². The first-order valence-electron chi connectivity index (χ1n) is 18.6. The van der Waals surface area contributed by atoms with Crippen LogP contribution in [0, 0.1) is 17.3 Å². The summed E-state index contributed by atoms with van der Waals surface area (Å²) in [6, 6.07) is 5.13. The fourth-order valence-corrected chi connectivity index (χ4v) is 5.67. The molecule has 3 rings (SSSR count). The zero-order valence-electron chi connectivity index (χ0n) is 33.0. The van der Waals surface area contributed by atoms with E-state index >= 15 is 0 Å². The zero-order chi connectivity index (χ0) is 40.7. The molecule has 54 heavy (non-hydrogen) atoms. The van der Waals surface area contributed by atoms with Crippen LogP contribution in [-0.2, 0) is 33.6 Å². The first-order valence-corrected chi connectivity index (χ1v) is 18.6. The molecule has 5 atom stereocenters. The molecule has 0 aromatic heterocycles. The van der Waals surface area contributed by atoms with Crippen molar-refractivity contribution in [2.45, 2.75) is 104 Å². The van der Waals surface area contributed by atoms with Gasteiger partial charge in [0.05, 0.1) is 6.54 Å². The molecule has 1 aromatic rings. The normalized spacial score (nSPS) is 17.3. The summed E-state index contributed by atoms with van der Waals surface area (Å²) in [5.74, 6) is -2.84. The number of hydrogen-bond acceptors (Lipinski definition) is 8. The van der Waals surface area contributed by atoms with Crippen molar-refractivity contribution >= 4 is 47.3 Å². The van der Waals surface area contributed by atoms with Crippen LogP contribution in [0.5, 0.6) is 0 Å². The highest BCUT2D eigenvalue weighted by molar-refractivity contribution is 6.36. The van der Waals surface area contributed by atoms with E-state index in [1.807, 2.05) is 34.6 Å². The average Bonchev–Trinajstić information content (AvgIpc) is 3.84. The first-order chi connectivity index (χ1) is 25.3. The molecule has 16 nitrogen and oxygen atoms in total. The monoisotopic (exact) mass is 756 g/mol. The van der Waals surface area contributed by atoms with Crippen LogP contribution in [0.2, 0.25) is 0 Å². The van der Waals surface area contributed by atoms with Gasteiger partial charge in [0.15, 0.2) is 0 Å². The van der Waals surface area contributed by atoms with Crippen LogP contribution in [0.3, 0.4) is 0 Å². The SMILES string of the molecule is CCC(=O)C(=O)NCC(=O)NC(C(=O)N(C)C)c1ccccc1.CC[C@H](C)[C@H](NC(=O)NC(C(=O)N1CCCC1C(=O)NCC1CC1)C(C)(C)C)C(N)=O. The van der Waals surface area contributed by atoms with Crippen molar-refractivity contribution in [3.05, 3.63) is 35.9 Å². The number of primary amides is 1. The van der Waals surface area contributed by atoms with E-state index in [2.05, 4.69) is 26.6 Å². The van der Waals surface area contributed by atoms with Gasteiger partial charge in [-0.3, -0.25) is 33.6 Å². The molecule has 7 N–H and O–H groups in total. The third-order valence-electron chi connectivity index (χ3n) is 9.40. The number of nitrogens with zero attached hydrogens (tertiary/aromatic N) is 2. The number of likely N-dealkylation sites (tertiary alicyclic amines) is 1. The Labute approximate surface area is 318 Å². The molecule has 2 fully saturated rings. The molecule has 3 unspecified atom stereocenters. The number of hydrogen-bond donors (Lipinski definition) is 6. The molecule has 0 bridgehead atoms. The van der Waals surface area contributed by atoms with Crippen LogP contribution in [0.4, 0.5) is 4.79 Å². The highest BCUT2D eigenvalue weighted by Gasteiger charge is 2.42. The Morgan fingerprint density at radius 2 is 1.54 bits per heavy atom. The Kier molecular flexibility index (Phi) is 17.6. The Morgan fingerprint density at radius 3 is 2.06 bits per heavy atom. The first kappa shape index (κ1) is 45.1. The standard InChI is InChI=1S/C22H39N5O4.C16H21N3O4/c1-6-13(2)16(18(23)28)25-21(31)26-17(22(3,4)5)20(30)27-11-7-8-15(27)19(29)24-12-14-9-10-14;1-4-12(20)15(22)17-10-13(21)18-14(16(23)19(2)3)11-8-6-5-7-9-11/h13-17H,6-12H2,1-5H3,(H2,23,28)(H,24,29)(H2,25,26,31);5-9,14H,4,10H2,1-3H3,(H,17,22)(H,18,21)/t13-,15?,16-,17?;/m0./s1. The van der Waals surface area contributed by atoms with E-state index in [1.54, 1.807) is 56.3 Å². The fourth-order valence-electron chi connectivity index (χ4n) is 5.67. The molecule has 300 valence electrons. The second kappa shape index (κ2) is 21.0. The zero-order valence-corrected chi connectivity index (χ0v) is 33.0. The van der Waals surface area contributed by atoms with Gasteiger partial charge in [-0.2, -0.15) is 0 Å². The summed E-state index contributed by atoms with van der Waals surface area (Å²) in [6.07, 6.45) is 4.38. The van der Waals surface area contributed by atoms with Crippen molar-refractivity contribution in [1.82, 2.24) is 36.4 Å². The van der Waals surface area contributed by atoms with Crippen molar-refractivity contribution in [3.8, 4) is 0 Å². The van der Waals surface area contributed by atoms with E-state index in [1.165, 1.54) is 4.90 Å². The maximum absolute atomic E-state index is 13.4. The molecular weight excluding hydrogens is 696 g/mol. The summed E-state index contributed by atoms with van der Waals surface area (Å²) >= 11 is 0. The fraction of sp³-hybridized carbons (Fsp3) is 0.632. The number of amides is 8. The van der Waals surface area contributed by atoms with E-state index in [0.29, 0.717) is 37.4 Å². The number of nitrogens with one attached hydrogen (secondary N) is 5. The molecule has 2 aliphatic rings. The van der Waals surface area contributed by atoms with E-state index in [-0.39, 0.29) is 36.6 Å². The largest absolute Gasteiger partial charge is 0.368 e. The van der Waals surface area contributed by atoms with Gasteiger partial charge >= 0.3 is 6.03 Å². The van der Waals surface area contributed by atoms with Crippen LogP contribution in [0.25, 0.3) is 0 Å². The highest BCUT2D eigenvalue weighted by atomic mass is 16.2. The lowest BCUT2D eigenvalue weighted by atomic mass is 9.85. The number of ketones is 1. The van der Waals surface area contributed by atoms with Gasteiger partial charge in [-0.1, -0.05) is 78.3 Å². The molecule has 1 aliphatic carbocycles. The molecule has 1 saturated carbocycles. The molecule has 1 aromatic carbocycles. The third-order valence-corrected chi connectivity index (χ3v) is 9.40. The molecule has 1 saturated heterocycles. The van der Waals surface area contributed by atoms with Crippen LogP contribution < -0.4 is 32.3 Å². The van der Waals surface area contributed by atoms with Gasteiger partial charge in [-0.15, -0.1) is 0 Å². The number of urea groups is 1. The van der Waals surface area contributed by atoms with Gasteiger partial charge in [0.2, 0.25) is 35.3 Å². The van der Waals surface area contributed by atoms with Crippen LogP contribution in [0.15, 0.2) is 30.3 Å². The van der Waals surface area contributed by atoms with Crippen molar-refractivity contribution in [2.24, 2.45) is 23.0 Å². The minimum atomic E-state index is -0.852. The number of likely N-dealkylation sites (N-methyl/N-ethyl adjacent to an activating group) is 1. The third kappa shape index (κ3) is 14.1. The van der Waals surface area contributed by atoms with Gasteiger partial charge in [0.1, 0.15) is 24.2 Å². The highest BCUT2D eigenvalue weighted by Crippen LogP contribution is 2.29. The van der Waals surface area contributed by atoms with Gasteiger partial charge in [-0.25, -0.2) is 4.79 Å². The smallest absolute Gasteiger partial charge is 0.316 e. The summed E-state index contributed by atoms with van der Waals surface area (Å²) in [7, 11) is 3.18. The minimum Gasteiger partial charge on any atom is -0.368 e. The summed E-state index contributed by atoms with van der Waals surface area (Å²) in [4.78, 5) is 100. The maximum Gasteiger partial charge on any atom is 0.316 e. The Balaban J connectivity index is 0.000000391.